The molecule has 2 N–H and O–H groups in total. The van der Waals surface area contributed by atoms with E-state index in [4.69, 9.17) is 4.74 Å². The molecular weight excluding hydrogens is 236 g/mol. The summed E-state index contributed by atoms with van der Waals surface area (Å²) in [7, 11) is 0. The summed E-state index contributed by atoms with van der Waals surface area (Å²) in [6, 6.07) is 0.257. The number of carboxylic acid groups (broad SMARTS) is 1. The molecule has 0 saturated carbocycles. The van der Waals surface area contributed by atoms with Crippen LogP contribution in [0.15, 0.2) is 0 Å². The Kier molecular flexibility index (Phi) is 4.06. The predicted octanol–water partition coefficient (Wildman–Crippen LogP) is 0.812. The van der Waals surface area contributed by atoms with Crippen LogP contribution >= 0.6 is 0 Å². The maximum Gasteiger partial charge on any atom is 0.407 e. The third-order valence-electron chi connectivity index (χ3n) is 3.86. The molecule has 0 aromatic carbocycles. The lowest BCUT2D eigenvalue weighted by atomic mass is 9.97. The Labute approximate surface area is 106 Å². The number of carbonyl (C=O) groups is 2. The number of carbonyl (C=O) groups excluding carboxylic acids is 1. The smallest absolute Gasteiger partial charge is 0.407 e. The lowest BCUT2D eigenvalue weighted by molar-refractivity contribution is -0.142. The highest BCUT2D eigenvalue weighted by Gasteiger charge is 2.44. The third-order valence-corrected chi connectivity index (χ3v) is 3.86. The van der Waals surface area contributed by atoms with Crippen molar-refractivity contribution in [2.45, 2.75) is 50.7 Å². The molecule has 0 aliphatic carbocycles. The van der Waals surface area contributed by atoms with E-state index in [2.05, 4.69) is 5.32 Å². The van der Waals surface area contributed by atoms with Gasteiger partial charge in [-0.25, -0.2) is 4.79 Å². The summed E-state index contributed by atoms with van der Waals surface area (Å²) < 4.78 is 4.86. The first kappa shape index (κ1) is 13.1. The predicted molar refractivity (Wildman–Crippen MR) is 64.3 cm³/mol. The summed E-state index contributed by atoms with van der Waals surface area (Å²) >= 11 is 0. The van der Waals surface area contributed by atoms with Gasteiger partial charge >= 0.3 is 12.1 Å². The molecule has 6 heteroatoms. The zero-order valence-electron chi connectivity index (χ0n) is 10.6. The van der Waals surface area contributed by atoms with Gasteiger partial charge in [0.05, 0.1) is 19.2 Å². The van der Waals surface area contributed by atoms with Crippen molar-refractivity contribution in [2.24, 2.45) is 0 Å². The minimum absolute atomic E-state index is 0.00989. The topological polar surface area (TPSA) is 78.9 Å². The number of amides is 1. The van der Waals surface area contributed by atoms with Crippen LogP contribution in [-0.4, -0.2) is 53.3 Å². The molecule has 18 heavy (non-hydrogen) atoms. The highest BCUT2D eigenvalue weighted by molar-refractivity contribution is 5.71. The highest BCUT2D eigenvalue weighted by Crippen LogP contribution is 2.35. The van der Waals surface area contributed by atoms with E-state index in [0.717, 1.165) is 25.7 Å². The first-order valence-electron chi connectivity index (χ1n) is 6.53. The Morgan fingerprint density at radius 1 is 1.33 bits per heavy atom. The normalized spacial score (nSPS) is 30.3. The monoisotopic (exact) mass is 256 g/mol. The molecule has 2 heterocycles. The number of rotatable bonds is 4. The maximum absolute atomic E-state index is 11.3. The van der Waals surface area contributed by atoms with Crippen LogP contribution < -0.4 is 5.32 Å². The molecule has 0 aromatic heterocycles. The van der Waals surface area contributed by atoms with Gasteiger partial charge in [0.2, 0.25) is 0 Å². The number of nitrogens with zero attached hydrogens (tertiary/aromatic N) is 1. The van der Waals surface area contributed by atoms with Crippen LogP contribution in [0.3, 0.4) is 0 Å². The molecule has 0 spiro atoms. The number of hydrogen-bond acceptors (Lipinski definition) is 4. The Balaban J connectivity index is 1.90. The second-order valence-electron chi connectivity index (χ2n) is 4.86. The van der Waals surface area contributed by atoms with Crippen LogP contribution in [0.5, 0.6) is 0 Å². The van der Waals surface area contributed by atoms with Gasteiger partial charge in [-0.15, -0.1) is 0 Å². The van der Waals surface area contributed by atoms with Gasteiger partial charge in [-0.1, -0.05) is 0 Å². The van der Waals surface area contributed by atoms with Gasteiger partial charge in [0.25, 0.3) is 0 Å². The second kappa shape index (κ2) is 5.56. The number of esters is 1. The van der Waals surface area contributed by atoms with Crippen LogP contribution in [0, 0.1) is 0 Å². The average molecular weight is 256 g/mol. The van der Waals surface area contributed by atoms with Crippen molar-refractivity contribution < 1.29 is 19.4 Å². The summed E-state index contributed by atoms with van der Waals surface area (Å²) in [5, 5.41) is 12.3. The Morgan fingerprint density at radius 3 is 2.72 bits per heavy atom. The van der Waals surface area contributed by atoms with Gasteiger partial charge in [0.1, 0.15) is 0 Å². The lowest BCUT2D eigenvalue weighted by Gasteiger charge is -2.38. The summed E-state index contributed by atoms with van der Waals surface area (Å²) in [5.74, 6) is -0.278. The van der Waals surface area contributed by atoms with E-state index in [1.165, 1.54) is 0 Å². The fourth-order valence-electron chi connectivity index (χ4n) is 3.12. The average Bonchev–Trinajstić information content (AvgIpc) is 2.64. The molecule has 2 fully saturated rings. The third kappa shape index (κ3) is 2.58. The van der Waals surface area contributed by atoms with Crippen LogP contribution in [-0.2, 0) is 9.53 Å². The fraction of sp³-hybridized carbons (Fsp3) is 0.833. The molecule has 1 amide bonds. The number of hydrogen-bond donors (Lipinski definition) is 2. The largest absolute Gasteiger partial charge is 0.465 e. The van der Waals surface area contributed by atoms with Gasteiger partial charge in [0, 0.05) is 12.1 Å². The van der Waals surface area contributed by atoms with E-state index < -0.39 is 6.09 Å². The van der Waals surface area contributed by atoms with Crippen molar-refractivity contribution in [2.75, 3.05) is 13.2 Å². The summed E-state index contributed by atoms with van der Waals surface area (Å²) in [6.45, 7) is 2.30. The zero-order valence-corrected chi connectivity index (χ0v) is 10.6. The van der Waals surface area contributed by atoms with E-state index in [-0.39, 0.29) is 30.6 Å². The first-order valence-corrected chi connectivity index (χ1v) is 6.53. The van der Waals surface area contributed by atoms with Crippen LogP contribution in [0.4, 0.5) is 4.79 Å². The number of nitrogens with one attached hydrogen (secondary N) is 1. The molecule has 2 aliphatic rings. The molecule has 2 saturated heterocycles. The quantitative estimate of drug-likeness (QED) is 0.728. The molecule has 2 bridgehead atoms. The summed E-state index contributed by atoms with van der Waals surface area (Å²) in [4.78, 5) is 24.1. The van der Waals surface area contributed by atoms with Gasteiger partial charge < -0.3 is 20.1 Å². The van der Waals surface area contributed by atoms with E-state index in [1.54, 1.807) is 11.8 Å². The fourth-order valence-corrected chi connectivity index (χ4v) is 3.12. The Morgan fingerprint density at radius 2 is 2.06 bits per heavy atom. The summed E-state index contributed by atoms with van der Waals surface area (Å²) in [5.41, 5.74) is 0. The Hall–Kier alpha value is -1.30. The lowest BCUT2D eigenvalue weighted by Crippen LogP contribution is -2.55. The molecule has 3 unspecified atom stereocenters. The van der Waals surface area contributed by atoms with Crippen molar-refractivity contribution in [1.82, 2.24) is 10.2 Å². The molecule has 6 nitrogen and oxygen atoms in total. The van der Waals surface area contributed by atoms with Gasteiger partial charge in [-0.2, -0.15) is 0 Å². The molecule has 3 atom stereocenters. The first-order chi connectivity index (χ1) is 8.63. The molecule has 0 radical (unpaired) electrons. The van der Waals surface area contributed by atoms with Crippen molar-refractivity contribution in [3.05, 3.63) is 0 Å². The van der Waals surface area contributed by atoms with Crippen LogP contribution in [0.1, 0.15) is 32.6 Å². The SMILES string of the molecule is CCOC(=O)CNC1CCC2CCC1N2C(=O)O. The summed E-state index contributed by atoms with van der Waals surface area (Å²) in [6.07, 6.45) is 2.79. The van der Waals surface area contributed by atoms with Crippen molar-refractivity contribution in [3.63, 3.8) is 0 Å². The number of fused-ring (bicyclic) bond motifs is 2. The van der Waals surface area contributed by atoms with Crippen molar-refractivity contribution in [1.29, 1.82) is 0 Å². The van der Waals surface area contributed by atoms with Gasteiger partial charge in [0.15, 0.2) is 0 Å². The minimum Gasteiger partial charge on any atom is -0.465 e. The van der Waals surface area contributed by atoms with E-state index in [9.17, 15) is 14.7 Å². The molecule has 2 rings (SSSR count). The van der Waals surface area contributed by atoms with Crippen molar-refractivity contribution >= 4 is 12.1 Å². The molecule has 102 valence electrons. The Bertz CT molecular complexity index is 334. The van der Waals surface area contributed by atoms with E-state index in [1.807, 2.05) is 0 Å². The van der Waals surface area contributed by atoms with Gasteiger partial charge in [-0.05, 0) is 32.6 Å². The highest BCUT2D eigenvalue weighted by atomic mass is 16.5. The van der Waals surface area contributed by atoms with Crippen molar-refractivity contribution in [3.8, 4) is 0 Å². The van der Waals surface area contributed by atoms with E-state index in [0.29, 0.717) is 6.61 Å². The standard InChI is InChI=1S/C12H20N2O4/c1-2-18-11(15)7-13-9-5-3-8-4-6-10(9)14(8)12(16)17/h8-10,13H,2-7H2,1H3,(H,16,17). The number of piperidine rings is 1. The second-order valence-corrected chi connectivity index (χ2v) is 4.86. The van der Waals surface area contributed by atoms with Crippen LogP contribution in [0.25, 0.3) is 0 Å². The van der Waals surface area contributed by atoms with E-state index >= 15 is 0 Å². The molecular formula is C12H20N2O4. The maximum atomic E-state index is 11.3. The number of ether oxygens (including phenoxy) is 1. The molecule has 2 aliphatic heterocycles. The zero-order chi connectivity index (χ0) is 13.1. The molecule has 0 aromatic rings. The van der Waals surface area contributed by atoms with Crippen LogP contribution in [0.2, 0.25) is 0 Å². The minimum atomic E-state index is -0.842. The van der Waals surface area contributed by atoms with Gasteiger partial charge in [-0.3, -0.25) is 4.79 Å².